The average molecular weight is 230 g/mol. The molecule has 0 bridgehead atoms. The number of carbonyl (C=O) groups is 1. The molecule has 1 atom stereocenters. The van der Waals surface area contributed by atoms with Crippen LogP contribution in [0.25, 0.3) is 0 Å². The van der Waals surface area contributed by atoms with Crippen LogP contribution in [-0.4, -0.2) is 25.0 Å². The van der Waals surface area contributed by atoms with Gasteiger partial charge in [0, 0.05) is 12.6 Å². The largest absolute Gasteiger partial charge is 0.306 e. The molecule has 2 aliphatic rings. The number of amides is 1. The molecule has 0 aromatic heterocycles. The van der Waals surface area contributed by atoms with Gasteiger partial charge >= 0.3 is 0 Å². The fraction of sp³-hybridized carbons (Fsp3) is 0.500. The molecule has 1 amide bonds. The molecular weight excluding hydrogens is 212 g/mol. The van der Waals surface area contributed by atoms with E-state index >= 15 is 0 Å². The van der Waals surface area contributed by atoms with E-state index in [4.69, 9.17) is 0 Å². The average Bonchev–Trinajstić information content (AvgIpc) is 2.34. The molecule has 1 aromatic carbocycles. The number of aryl methyl sites for hydroxylation is 2. The lowest BCUT2D eigenvalue weighted by molar-refractivity contribution is -0.119. The van der Waals surface area contributed by atoms with Crippen molar-refractivity contribution < 1.29 is 4.79 Å². The molecule has 3 nitrogen and oxygen atoms in total. The van der Waals surface area contributed by atoms with Crippen molar-refractivity contribution in [2.45, 2.75) is 32.7 Å². The van der Waals surface area contributed by atoms with Crippen LogP contribution in [0.4, 0.5) is 5.69 Å². The quantitative estimate of drug-likeness (QED) is 0.733. The highest BCUT2D eigenvalue weighted by Crippen LogP contribution is 2.35. The Hall–Kier alpha value is -1.35. The van der Waals surface area contributed by atoms with Gasteiger partial charge in [-0.2, -0.15) is 0 Å². The highest BCUT2D eigenvalue weighted by Gasteiger charge is 2.34. The number of nitrogens with zero attached hydrogens (tertiary/aromatic N) is 1. The minimum Gasteiger partial charge on any atom is -0.306 e. The van der Waals surface area contributed by atoms with E-state index < -0.39 is 0 Å². The molecule has 17 heavy (non-hydrogen) atoms. The Kier molecular flexibility index (Phi) is 2.44. The summed E-state index contributed by atoms with van der Waals surface area (Å²) in [6.07, 6.45) is 2.17. The van der Waals surface area contributed by atoms with Crippen LogP contribution in [0.15, 0.2) is 12.1 Å². The fourth-order valence-electron chi connectivity index (χ4n) is 2.98. The highest BCUT2D eigenvalue weighted by molar-refractivity contribution is 5.98. The van der Waals surface area contributed by atoms with Gasteiger partial charge in [-0.15, -0.1) is 0 Å². The normalized spacial score (nSPS) is 23.3. The molecule has 2 aliphatic heterocycles. The second-order valence-corrected chi connectivity index (χ2v) is 5.10. The molecule has 3 rings (SSSR count). The van der Waals surface area contributed by atoms with Gasteiger partial charge in [0.05, 0.1) is 12.2 Å². The zero-order chi connectivity index (χ0) is 12.0. The van der Waals surface area contributed by atoms with Crippen molar-refractivity contribution >= 4 is 11.6 Å². The molecule has 1 fully saturated rings. The van der Waals surface area contributed by atoms with Gasteiger partial charge in [-0.1, -0.05) is 12.1 Å². The second-order valence-electron chi connectivity index (χ2n) is 5.10. The van der Waals surface area contributed by atoms with Crippen molar-refractivity contribution in [3.05, 3.63) is 28.8 Å². The summed E-state index contributed by atoms with van der Waals surface area (Å²) in [6, 6.07) is 4.70. The molecule has 0 radical (unpaired) electrons. The monoisotopic (exact) mass is 230 g/mol. The first kappa shape index (κ1) is 10.8. The zero-order valence-corrected chi connectivity index (χ0v) is 10.4. The van der Waals surface area contributed by atoms with Crippen molar-refractivity contribution in [1.29, 1.82) is 0 Å². The van der Waals surface area contributed by atoms with Crippen LogP contribution in [0.5, 0.6) is 0 Å². The SMILES string of the molecule is Cc1ccc2c(c1C)N1C(=O)CNCC1CC2. The Morgan fingerprint density at radius 1 is 1.35 bits per heavy atom. The van der Waals surface area contributed by atoms with E-state index in [-0.39, 0.29) is 5.91 Å². The Bertz CT molecular complexity index is 481. The van der Waals surface area contributed by atoms with Gasteiger partial charge in [-0.3, -0.25) is 4.79 Å². The van der Waals surface area contributed by atoms with Gasteiger partial charge in [0.15, 0.2) is 0 Å². The number of hydrogen-bond donors (Lipinski definition) is 1. The third-order valence-electron chi connectivity index (χ3n) is 4.06. The molecule has 1 saturated heterocycles. The minimum atomic E-state index is 0.218. The van der Waals surface area contributed by atoms with Crippen LogP contribution >= 0.6 is 0 Å². The predicted molar refractivity (Wildman–Crippen MR) is 68.4 cm³/mol. The number of nitrogens with one attached hydrogen (secondary N) is 1. The number of piperazine rings is 1. The fourth-order valence-corrected chi connectivity index (χ4v) is 2.98. The topological polar surface area (TPSA) is 32.3 Å². The summed E-state index contributed by atoms with van der Waals surface area (Å²) in [5.41, 5.74) is 5.06. The predicted octanol–water partition coefficient (Wildman–Crippen LogP) is 1.55. The van der Waals surface area contributed by atoms with Gasteiger partial charge < -0.3 is 10.2 Å². The van der Waals surface area contributed by atoms with Crippen LogP contribution < -0.4 is 10.2 Å². The lowest BCUT2D eigenvalue weighted by Crippen LogP contribution is -2.57. The Morgan fingerprint density at radius 2 is 2.18 bits per heavy atom. The van der Waals surface area contributed by atoms with Crippen molar-refractivity contribution in [2.24, 2.45) is 0 Å². The summed E-state index contributed by atoms with van der Waals surface area (Å²) in [7, 11) is 0. The van der Waals surface area contributed by atoms with Crippen LogP contribution in [0.2, 0.25) is 0 Å². The second kappa shape index (κ2) is 3.84. The van der Waals surface area contributed by atoms with Crippen LogP contribution in [0.1, 0.15) is 23.1 Å². The smallest absolute Gasteiger partial charge is 0.241 e. The van der Waals surface area contributed by atoms with Gasteiger partial charge in [-0.25, -0.2) is 0 Å². The Morgan fingerprint density at radius 3 is 3.00 bits per heavy atom. The first-order valence-electron chi connectivity index (χ1n) is 6.30. The summed E-state index contributed by atoms with van der Waals surface area (Å²) in [5, 5.41) is 3.21. The molecular formula is C14H18N2O. The number of fused-ring (bicyclic) bond motifs is 3. The summed E-state index contributed by atoms with van der Waals surface area (Å²) in [6.45, 7) is 5.65. The molecule has 1 aromatic rings. The molecule has 3 heteroatoms. The molecule has 0 aliphatic carbocycles. The van der Waals surface area contributed by atoms with E-state index in [2.05, 4.69) is 31.3 Å². The maximum atomic E-state index is 12.1. The number of anilines is 1. The third-order valence-corrected chi connectivity index (χ3v) is 4.06. The first-order chi connectivity index (χ1) is 8.18. The van der Waals surface area contributed by atoms with E-state index in [9.17, 15) is 4.79 Å². The maximum Gasteiger partial charge on any atom is 0.241 e. The van der Waals surface area contributed by atoms with Crippen molar-refractivity contribution in [2.75, 3.05) is 18.0 Å². The third kappa shape index (κ3) is 1.57. The van der Waals surface area contributed by atoms with E-state index in [1.54, 1.807) is 0 Å². The first-order valence-corrected chi connectivity index (χ1v) is 6.30. The maximum absolute atomic E-state index is 12.1. The number of hydrogen-bond acceptors (Lipinski definition) is 2. The minimum absolute atomic E-state index is 0.218. The molecule has 2 heterocycles. The van der Waals surface area contributed by atoms with Crippen molar-refractivity contribution in [1.82, 2.24) is 5.32 Å². The molecule has 1 N–H and O–H groups in total. The van der Waals surface area contributed by atoms with Gasteiger partial charge in [-0.05, 0) is 43.4 Å². The Labute approximate surface area is 102 Å². The van der Waals surface area contributed by atoms with Gasteiger partial charge in [0.1, 0.15) is 0 Å². The summed E-state index contributed by atoms with van der Waals surface area (Å²) in [4.78, 5) is 14.2. The van der Waals surface area contributed by atoms with E-state index in [1.807, 2.05) is 4.90 Å². The van der Waals surface area contributed by atoms with Crippen LogP contribution in [-0.2, 0) is 11.2 Å². The molecule has 0 spiro atoms. The highest BCUT2D eigenvalue weighted by atomic mass is 16.2. The van der Waals surface area contributed by atoms with Gasteiger partial charge in [0.2, 0.25) is 5.91 Å². The lowest BCUT2D eigenvalue weighted by atomic mass is 9.90. The lowest BCUT2D eigenvalue weighted by Gasteiger charge is -2.41. The molecule has 90 valence electrons. The molecule has 1 unspecified atom stereocenters. The standard InChI is InChI=1S/C14H18N2O/c1-9-3-4-11-5-6-12-7-15-8-13(17)16(12)14(11)10(9)2/h3-4,12,15H,5-8H2,1-2H3. The van der Waals surface area contributed by atoms with E-state index in [1.165, 1.54) is 22.4 Å². The molecule has 0 saturated carbocycles. The summed E-state index contributed by atoms with van der Waals surface area (Å²) in [5.74, 6) is 0.218. The van der Waals surface area contributed by atoms with Gasteiger partial charge in [0.25, 0.3) is 0 Å². The number of benzene rings is 1. The Balaban J connectivity index is 2.15. The van der Waals surface area contributed by atoms with Crippen LogP contribution in [0, 0.1) is 13.8 Å². The number of carbonyl (C=O) groups excluding carboxylic acids is 1. The summed E-state index contributed by atoms with van der Waals surface area (Å²) < 4.78 is 0. The van der Waals surface area contributed by atoms with Crippen molar-refractivity contribution in [3.8, 4) is 0 Å². The van der Waals surface area contributed by atoms with Crippen LogP contribution in [0.3, 0.4) is 0 Å². The van der Waals surface area contributed by atoms with E-state index in [0.717, 1.165) is 19.4 Å². The van der Waals surface area contributed by atoms with E-state index in [0.29, 0.717) is 12.6 Å². The number of rotatable bonds is 0. The zero-order valence-electron chi connectivity index (χ0n) is 10.4. The summed E-state index contributed by atoms with van der Waals surface area (Å²) >= 11 is 0. The van der Waals surface area contributed by atoms with Crippen molar-refractivity contribution in [3.63, 3.8) is 0 Å².